The van der Waals surface area contributed by atoms with Crippen molar-refractivity contribution >= 4 is 26.8 Å². The van der Waals surface area contributed by atoms with Crippen molar-refractivity contribution in [1.29, 1.82) is 5.26 Å². The van der Waals surface area contributed by atoms with Crippen molar-refractivity contribution in [1.82, 2.24) is 19.4 Å². The van der Waals surface area contributed by atoms with Gasteiger partial charge in [-0.1, -0.05) is 6.92 Å². The lowest BCUT2D eigenvalue weighted by atomic mass is 10.1. The number of carbonyl (C=O) groups excluding carboxylic acids is 1. The smallest absolute Gasteiger partial charge is 0.243 e. The molecule has 0 radical (unpaired) electrons. The number of hydrogen-bond donors (Lipinski definition) is 2. The molecule has 9 nitrogen and oxygen atoms in total. The summed E-state index contributed by atoms with van der Waals surface area (Å²) in [7, 11) is -3.80. The van der Waals surface area contributed by atoms with Crippen molar-refractivity contribution in [2.75, 3.05) is 13.1 Å². The zero-order valence-corrected chi connectivity index (χ0v) is 17.9. The van der Waals surface area contributed by atoms with E-state index in [0.29, 0.717) is 16.6 Å². The molecular formula is C21H20FN5O4S. The van der Waals surface area contributed by atoms with Crippen LogP contribution >= 0.6 is 0 Å². The normalized spacial score (nSPS) is 19.2. The van der Waals surface area contributed by atoms with Crippen LogP contribution in [0.25, 0.3) is 10.9 Å². The second-order valence-corrected chi connectivity index (χ2v) is 9.69. The highest BCUT2D eigenvalue weighted by atomic mass is 32.2. The number of sulfonamides is 1. The summed E-state index contributed by atoms with van der Waals surface area (Å²) in [6, 6.07) is 9.00. The number of halogens is 1. The first-order chi connectivity index (χ1) is 15.2. The van der Waals surface area contributed by atoms with Gasteiger partial charge in [-0.2, -0.15) is 14.7 Å². The number of amides is 1. The van der Waals surface area contributed by atoms with E-state index in [0.717, 1.165) is 0 Å². The average molecular weight is 457 g/mol. The third-order valence-corrected chi connectivity index (χ3v) is 7.44. The Morgan fingerprint density at radius 2 is 2.00 bits per heavy atom. The number of nitriles is 1. The minimum absolute atomic E-state index is 0.0328. The fourth-order valence-corrected chi connectivity index (χ4v) is 5.56. The number of carbonyl (C=O) groups is 1. The first kappa shape index (κ1) is 21.7. The van der Waals surface area contributed by atoms with Crippen LogP contribution in [0.5, 0.6) is 5.75 Å². The number of nitrogens with one attached hydrogen (secondary N) is 1. The first-order valence-corrected chi connectivity index (χ1v) is 11.3. The van der Waals surface area contributed by atoms with Gasteiger partial charge in [0.25, 0.3) is 0 Å². The number of aromatic hydroxyl groups is 1. The Balaban J connectivity index is 1.70. The molecule has 1 aliphatic heterocycles. The van der Waals surface area contributed by atoms with Crippen LogP contribution in [-0.4, -0.2) is 46.6 Å². The van der Waals surface area contributed by atoms with E-state index in [4.69, 9.17) is 5.26 Å². The van der Waals surface area contributed by atoms with Crippen molar-refractivity contribution in [2.45, 2.75) is 24.3 Å². The zero-order chi connectivity index (χ0) is 23.0. The van der Waals surface area contributed by atoms with Crippen molar-refractivity contribution in [3.63, 3.8) is 0 Å². The maximum absolute atomic E-state index is 14.0. The molecule has 2 heterocycles. The molecular weight excluding hydrogens is 437 g/mol. The molecule has 1 fully saturated rings. The highest BCUT2D eigenvalue weighted by Gasteiger charge is 2.39. The predicted molar refractivity (Wildman–Crippen MR) is 112 cm³/mol. The third-order valence-electron chi connectivity index (χ3n) is 5.60. The molecule has 32 heavy (non-hydrogen) atoms. The van der Waals surface area contributed by atoms with Gasteiger partial charge >= 0.3 is 0 Å². The predicted octanol–water partition coefficient (Wildman–Crippen LogP) is 1.90. The summed E-state index contributed by atoms with van der Waals surface area (Å²) in [4.78, 5) is 12.0. The molecule has 3 aromatic rings. The van der Waals surface area contributed by atoms with E-state index in [-0.39, 0.29) is 42.1 Å². The van der Waals surface area contributed by atoms with Gasteiger partial charge < -0.3 is 5.11 Å². The second-order valence-electron chi connectivity index (χ2n) is 7.75. The van der Waals surface area contributed by atoms with Gasteiger partial charge in [0.15, 0.2) is 6.19 Å². The molecule has 2 atom stereocenters. The average Bonchev–Trinajstić information content (AvgIpc) is 3.29. The molecule has 4 rings (SSSR count). The number of phenolic OH excluding ortho intramolecular Hbond substituents is 1. The van der Waals surface area contributed by atoms with Gasteiger partial charge in [0.05, 0.1) is 28.6 Å². The largest absolute Gasteiger partial charge is 0.508 e. The van der Waals surface area contributed by atoms with E-state index in [1.54, 1.807) is 10.9 Å². The molecule has 0 bridgehead atoms. The van der Waals surface area contributed by atoms with Gasteiger partial charge in [0.2, 0.25) is 15.9 Å². The van der Waals surface area contributed by atoms with Crippen LogP contribution in [0.3, 0.4) is 0 Å². The number of fused-ring (bicyclic) bond motifs is 1. The quantitative estimate of drug-likeness (QED) is 0.445. The molecule has 0 saturated carbocycles. The topological polar surface area (TPSA) is 128 Å². The number of nitrogens with zero attached hydrogens (tertiary/aromatic N) is 4. The van der Waals surface area contributed by atoms with E-state index in [2.05, 4.69) is 5.10 Å². The molecule has 2 N–H and O–H groups in total. The number of benzene rings is 2. The van der Waals surface area contributed by atoms with Crippen LogP contribution in [0.1, 0.15) is 18.7 Å². The van der Waals surface area contributed by atoms with Crippen molar-refractivity contribution in [3.8, 4) is 11.9 Å². The number of phenols is 1. The van der Waals surface area contributed by atoms with E-state index >= 15 is 0 Å². The van der Waals surface area contributed by atoms with Crippen molar-refractivity contribution in [2.24, 2.45) is 5.92 Å². The molecule has 1 saturated heterocycles. The molecule has 0 spiro atoms. The maximum Gasteiger partial charge on any atom is 0.243 e. The van der Waals surface area contributed by atoms with E-state index in [9.17, 15) is 22.7 Å². The molecule has 166 valence electrons. The van der Waals surface area contributed by atoms with Crippen LogP contribution in [0.4, 0.5) is 4.39 Å². The van der Waals surface area contributed by atoms with Crippen LogP contribution in [0.2, 0.25) is 0 Å². The Kier molecular flexibility index (Phi) is 5.58. The fraction of sp³-hybridized carbons (Fsp3) is 0.286. The van der Waals surface area contributed by atoms with Gasteiger partial charge in [-0.05, 0) is 48.4 Å². The summed E-state index contributed by atoms with van der Waals surface area (Å²) in [6.07, 6.45) is 1.40. The molecule has 0 unspecified atom stereocenters. The third kappa shape index (κ3) is 3.90. The lowest BCUT2D eigenvalue weighted by molar-refractivity contribution is -0.119. The fourth-order valence-electron chi connectivity index (χ4n) is 4.01. The molecule has 1 amide bonds. The zero-order valence-electron chi connectivity index (χ0n) is 17.1. The maximum atomic E-state index is 14.0. The minimum Gasteiger partial charge on any atom is -0.508 e. The van der Waals surface area contributed by atoms with Gasteiger partial charge in [-0.3, -0.25) is 14.8 Å². The molecule has 1 aromatic heterocycles. The van der Waals surface area contributed by atoms with Crippen LogP contribution < -0.4 is 5.32 Å². The summed E-state index contributed by atoms with van der Waals surface area (Å²) in [5, 5.41) is 25.2. The van der Waals surface area contributed by atoms with Crippen molar-refractivity contribution < 1.29 is 22.7 Å². The van der Waals surface area contributed by atoms with Gasteiger partial charge in [-0.15, -0.1) is 0 Å². The number of hydrogen-bond acceptors (Lipinski definition) is 6. The lowest BCUT2D eigenvalue weighted by Crippen LogP contribution is -2.29. The summed E-state index contributed by atoms with van der Waals surface area (Å²) in [6.45, 7) is 2.22. The lowest BCUT2D eigenvalue weighted by Gasteiger charge is -2.17. The van der Waals surface area contributed by atoms with Crippen LogP contribution in [0, 0.1) is 23.2 Å². The first-order valence-electron chi connectivity index (χ1n) is 9.84. The SMILES string of the molecule is C[C@@H]1CN(S(=O)(=O)c2ccc(O)cc2)C[C@@H]1n1nc(CC(=O)NC#N)c2ccc(F)cc21. The highest BCUT2D eigenvalue weighted by Crippen LogP contribution is 2.35. The minimum atomic E-state index is -3.80. The molecule has 1 aliphatic rings. The van der Waals surface area contributed by atoms with Gasteiger partial charge in [-0.25, -0.2) is 12.8 Å². The monoisotopic (exact) mass is 457 g/mol. The van der Waals surface area contributed by atoms with E-state index in [1.165, 1.54) is 46.8 Å². The molecule has 11 heteroatoms. The summed E-state index contributed by atoms with van der Waals surface area (Å²) in [5.41, 5.74) is 0.824. The standard InChI is InChI=1S/C21H20FN5O4S/c1-13-10-26(32(30,31)16-5-3-15(28)4-6-16)11-20(13)27-19-8-14(22)2-7-17(19)18(25-27)9-21(29)24-12-23/h2-8,13,20,28H,9-11H2,1H3,(H,24,29)/t13-,20+/m1/s1. The van der Waals surface area contributed by atoms with E-state index < -0.39 is 21.7 Å². The number of aromatic nitrogens is 2. The van der Waals surface area contributed by atoms with Crippen LogP contribution in [-0.2, 0) is 21.2 Å². The van der Waals surface area contributed by atoms with Gasteiger partial charge in [0.1, 0.15) is 11.6 Å². The summed E-state index contributed by atoms with van der Waals surface area (Å²) < 4.78 is 43.1. The Hall–Kier alpha value is -3.49. The Labute approximate surface area is 183 Å². The Morgan fingerprint density at radius 1 is 1.28 bits per heavy atom. The van der Waals surface area contributed by atoms with Crippen LogP contribution in [0.15, 0.2) is 47.4 Å². The Morgan fingerprint density at radius 3 is 2.69 bits per heavy atom. The van der Waals surface area contributed by atoms with Gasteiger partial charge in [0, 0.05) is 18.5 Å². The highest BCUT2D eigenvalue weighted by molar-refractivity contribution is 7.89. The van der Waals surface area contributed by atoms with E-state index in [1.807, 2.05) is 12.2 Å². The second kappa shape index (κ2) is 8.22. The molecule has 0 aliphatic carbocycles. The Bertz CT molecular complexity index is 1330. The number of rotatable bonds is 5. The summed E-state index contributed by atoms with van der Waals surface area (Å²) >= 11 is 0. The molecule has 2 aromatic carbocycles. The summed E-state index contributed by atoms with van der Waals surface area (Å²) in [5.74, 6) is -1.20. The van der Waals surface area contributed by atoms with Crippen molar-refractivity contribution in [3.05, 3.63) is 54.0 Å².